The summed E-state index contributed by atoms with van der Waals surface area (Å²) in [7, 11) is 1.79. The van der Waals surface area contributed by atoms with Gasteiger partial charge in [-0.1, -0.05) is 0 Å². The van der Waals surface area contributed by atoms with Crippen LogP contribution in [-0.4, -0.2) is 59.6 Å². The summed E-state index contributed by atoms with van der Waals surface area (Å²) in [4.78, 5) is 21.4. The SMILES string of the molecule is CO[C@@H]1CCN(C(=O)Cc2ccco2)[C@H]2CN(Cc3ccncc3)C[C@@H]12. The van der Waals surface area contributed by atoms with Gasteiger partial charge >= 0.3 is 0 Å². The van der Waals surface area contributed by atoms with Gasteiger partial charge in [0.25, 0.3) is 0 Å². The largest absolute Gasteiger partial charge is 0.469 e. The lowest BCUT2D eigenvalue weighted by atomic mass is 9.88. The maximum absolute atomic E-state index is 12.9. The molecule has 0 bridgehead atoms. The van der Waals surface area contributed by atoms with E-state index in [1.54, 1.807) is 13.4 Å². The first kappa shape index (κ1) is 17.2. The first-order valence-electron chi connectivity index (χ1n) is 9.20. The van der Waals surface area contributed by atoms with Gasteiger partial charge in [0, 0.05) is 51.6 Å². The van der Waals surface area contributed by atoms with Crippen molar-refractivity contribution < 1.29 is 13.9 Å². The zero-order valence-electron chi connectivity index (χ0n) is 15.1. The number of aromatic nitrogens is 1. The van der Waals surface area contributed by atoms with Crippen LogP contribution in [0.3, 0.4) is 0 Å². The fraction of sp³-hybridized carbons (Fsp3) is 0.500. The number of hydrogen-bond donors (Lipinski definition) is 0. The lowest BCUT2D eigenvalue weighted by Crippen LogP contribution is -2.54. The zero-order chi connectivity index (χ0) is 17.9. The van der Waals surface area contributed by atoms with Crippen molar-refractivity contribution in [1.29, 1.82) is 0 Å². The summed E-state index contributed by atoms with van der Waals surface area (Å²) in [6.07, 6.45) is 6.72. The van der Waals surface area contributed by atoms with Crippen molar-refractivity contribution in [1.82, 2.24) is 14.8 Å². The van der Waals surface area contributed by atoms with Crippen molar-refractivity contribution in [3.8, 4) is 0 Å². The number of fused-ring (bicyclic) bond motifs is 1. The Bertz CT molecular complexity index is 719. The van der Waals surface area contributed by atoms with E-state index < -0.39 is 0 Å². The van der Waals surface area contributed by atoms with Crippen LogP contribution in [0, 0.1) is 5.92 Å². The summed E-state index contributed by atoms with van der Waals surface area (Å²) >= 11 is 0. The van der Waals surface area contributed by atoms with Crippen molar-refractivity contribution in [2.75, 3.05) is 26.7 Å². The Hall–Kier alpha value is -2.18. The third-order valence-electron chi connectivity index (χ3n) is 5.63. The normalized spacial score (nSPS) is 26.0. The standard InChI is InChI=1S/C20H25N3O3/c1-25-19-6-9-23(20(24)11-16-3-2-10-26-16)18-14-22(13-17(18)19)12-15-4-7-21-8-5-15/h2-5,7-8,10,17-19H,6,9,11-14H2,1H3/t17-,18+,19-/m1/s1. The Morgan fingerprint density at radius 1 is 1.31 bits per heavy atom. The fourth-order valence-electron chi connectivity index (χ4n) is 4.38. The third-order valence-corrected chi connectivity index (χ3v) is 5.63. The first-order valence-corrected chi connectivity index (χ1v) is 9.20. The minimum absolute atomic E-state index is 0.148. The molecule has 2 aromatic rings. The highest BCUT2D eigenvalue weighted by Crippen LogP contribution is 2.33. The van der Waals surface area contributed by atoms with E-state index in [2.05, 4.69) is 26.9 Å². The quantitative estimate of drug-likeness (QED) is 0.821. The van der Waals surface area contributed by atoms with E-state index in [4.69, 9.17) is 9.15 Å². The molecule has 6 nitrogen and oxygen atoms in total. The van der Waals surface area contributed by atoms with Gasteiger partial charge in [-0.3, -0.25) is 14.7 Å². The number of carbonyl (C=O) groups is 1. The van der Waals surface area contributed by atoms with Gasteiger partial charge in [-0.15, -0.1) is 0 Å². The van der Waals surface area contributed by atoms with Gasteiger partial charge < -0.3 is 14.1 Å². The van der Waals surface area contributed by atoms with Crippen LogP contribution in [-0.2, 0) is 22.5 Å². The molecule has 4 rings (SSSR count). The summed E-state index contributed by atoms with van der Waals surface area (Å²) in [6, 6.07) is 8.00. The number of methoxy groups -OCH3 is 1. The highest BCUT2D eigenvalue weighted by molar-refractivity contribution is 5.78. The molecule has 4 heterocycles. The van der Waals surface area contributed by atoms with E-state index in [1.165, 1.54) is 5.56 Å². The van der Waals surface area contributed by atoms with Crippen LogP contribution in [0.15, 0.2) is 47.3 Å². The number of amides is 1. The molecule has 0 saturated carbocycles. The van der Waals surface area contributed by atoms with Crippen LogP contribution >= 0.6 is 0 Å². The second-order valence-corrected chi connectivity index (χ2v) is 7.19. The Morgan fingerprint density at radius 3 is 2.88 bits per heavy atom. The molecule has 0 unspecified atom stereocenters. The van der Waals surface area contributed by atoms with E-state index in [1.807, 2.05) is 24.5 Å². The van der Waals surface area contributed by atoms with Crippen molar-refractivity contribution in [2.24, 2.45) is 5.92 Å². The molecule has 2 saturated heterocycles. The second-order valence-electron chi connectivity index (χ2n) is 7.19. The Balaban J connectivity index is 1.47. The summed E-state index contributed by atoms with van der Waals surface area (Å²) in [5.41, 5.74) is 1.25. The van der Waals surface area contributed by atoms with Gasteiger partial charge in [-0.25, -0.2) is 0 Å². The molecule has 138 valence electrons. The van der Waals surface area contributed by atoms with Crippen LogP contribution in [0.5, 0.6) is 0 Å². The summed E-state index contributed by atoms with van der Waals surface area (Å²) < 4.78 is 11.1. The predicted octanol–water partition coefficient (Wildman–Crippen LogP) is 1.96. The summed E-state index contributed by atoms with van der Waals surface area (Å²) in [6.45, 7) is 3.47. The number of carbonyl (C=O) groups excluding carboxylic acids is 1. The predicted molar refractivity (Wildman–Crippen MR) is 96.3 cm³/mol. The van der Waals surface area contributed by atoms with E-state index >= 15 is 0 Å². The van der Waals surface area contributed by atoms with Crippen LogP contribution < -0.4 is 0 Å². The molecule has 2 fully saturated rings. The number of furan rings is 1. The minimum Gasteiger partial charge on any atom is -0.469 e. The highest BCUT2D eigenvalue weighted by Gasteiger charge is 2.45. The van der Waals surface area contributed by atoms with Gasteiger partial charge in [0.2, 0.25) is 5.91 Å². The molecule has 0 aromatic carbocycles. The third kappa shape index (κ3) is 3.52. The van der Waals surface area contributed by atoms with E-state index in [0.29, 0.717) is 12.3 Å². The number of rotatable bonds is 5. The Morgan fingerprint density at radius 2 is 2.15 bits per heavy atom. The molecule has 0 spiro atoms. The van der Waals surface area contributed by atoms with Gasteiger partial charge in [0.05, 0.1) is 24.8 Å². The molecule has 2 aromatic heterocycles. The number of ether oxygens (including phenoxy) is 1. The smallest absolute Gasteiger partial charge is 0.230 e. The van der Waals surface area contributed by atoms with Gasteiger partial charge in [0.15, 0.2) is 0 Å². The maximum Gasteiger partial charge on any atom is 0.230 e. The number of pyridine rings is 1. The van der Waals surface area contributed by atoms with E-state index in [-0.39, 0.29) is 18.1 Å². The average Bonchev–Trinajstić information content (AvgIpc) is 3.31. The highest BCUT2D eigenvalue weighted by atomic mass is 16.5. The summed E-state index contributed by atoms with van der Waals surface area (Å²) in [5.74, 6) is 1.23. The second kappa shape index (κ2) is 7.60. The van der Waals surface area contributed by atoms with Gasteiger partial charge in [-0.05, 0) is 36.2 Å². The maximum atomic E-state index is 12.9. The molecule has 1 amide bonds. The van der Waals surface area contributed by atoms with Crippen molar-refractivity contribution in [3.63, 3.8) is 0 Å². The van der Waals surface area contributed by atoms with Crippen molar-refractivity contribution >= 4 is 5.91 Å². The number of piperidine rings is 1. The van der Waals surface area contributed by atoms with E-state index in [0.717, 1.165) is 38.4 Å². The molecule has 6 heteroatoms. The molecule has 0 radical (unpaired) electrons. The minimum atomic E-state index is 0.148. The van der Waals surface area contributed by atoms with Crippen LogP contribution in [0.25, 0.3) is 0 Å². The van der Waals surface area contributed by atoms with E-state index in [9.17, 15) is 4.79 Å². The van der Waals surface area contributed by atoms with Crippen LogP contribution in [0.1, 0.15) is 17.7 Å². The van der Waals surface area contributed by atoms with Crippen molar-refractivity contribution in [3.05, 3.63) is 54.2 Å². The van der Waals surface area contributed by atoms with Gasteiger partial charge in [-0.2, -0.15) is 0 Å². The van der Waals surface area contributed by atoms with Crippen LogP contribution in [0.4, 0.5) is 0 Å². The van der Waals surface area contributed by atoms with Crippen LogP contribution in [0.2, 0.25) is 0 Å². The molecule has 26 heavy (non-hydrogen) atoms. The monoisotopic (exact) mass is 355 g/mol. The Kier molecular flexibility index (Phi) is 5.04. The molecular weight excluding hydrogens is 330 g/mol. The molecule has 2 aliphatic heterocycles. The zero-order valence-corrected chi connectivity index (χ0v) is 15.1. The lowest BCUT2D eigenvalue weighted by Gasteiger charge is -2.41. The number of likely N-dealkylation sites (tertiary alicyclic amines) is 2. The first-order chi connectivity index (χ1) is 12.7. The molecule has 3 atom stereocenters. The Labute approximate surface area is 153 Å². The fourth-order valence-corrected chi connectivity index (χ4v) is 4.38. The molecule has 0 aliphatic carbocycles. The van der Waals surface area contributed by atoms with Gasteiger partial charge in [0.1, 0.15) is 5.76 Å². The molecule has 0 N–H and O–H groups in total. The number of nitrogens with zero attached hydrogens (tertiary/aromatic N) is 3. The molecular formula is C20H25N3O3. The van der Waals surface area contributed by atoms with Crippen molar-refractivity contribution in [2.45, 2.75) is 31.5 Å². The molecule has 2 aliphatic rings. The lowest BCUT2D eigenvalue weighted by molar-refractivity contribution is -0.138. The number of hydrogen-bond acceptors (Lipinski definition) is 5. The average molecular weight is 355 g/mol. The topological polar surface area (TPSA) is 58.8 Å². The summed E-state index contributed by atoms with van der Waals surface area (Å²) in [5, 5.41) is 0.